The molecule has 4 N–H and O–H groups in total. The maximum Gasteiger partial charge on any atom is 0.337 e. The number of nitrogens with one attached hydrogen (secondary N) is 2. The second-order valence-corrected chi connectivity index (χ2v) is 4.36. The van der Waals surface area contributed by atoms with Crippen LogP contribution >= 0.6 is 0 Å². The number of hydrogen-bond acceptors (Lipinski definition) is 4. The van der Waals surface area contributed by atoms with Gasteiger partial charge in [0.05, 0.1) is 12.1 Å². The maximum atomic E-state index is 11.9. The van der Waals surface area contributed by atoms with Crippen molar-refractivity contribution in [1.29, 1.82) is 0 Å². The fourth-order valence-corrected chi connectivity index (χ4v) is 1.57. The number of hydrogen-bond donors (Lipinski definition) is 4. The van der Waals surface area contributed by atoms with E-state index in [9.17, 15) is 14.7 Å². The number of aromatic amines is 1. The van der Waals surface area contributed by atoms with E-state index in [4.69, 9.17) is 5.11 Å². The number of nitrogens with zero attached hydrogens (tertiary/aromatic N) is 1. The highest BCUT2D eigenvalue weighted by Crippen LogP contribution is 2.15. The first-order valence-corrected chi connectivity index (χ1v) is 5.58. The summed E-state index contributed by atoms with van der Waals surface area (Å²) in [6.45, 7) is 0.737. The summed E-state index contributed by atoms with van der Waals surface area (Å²) in [5.41, 5.74) is -1.08. The fourth-order valence-electron chi connectivity index (χ4n) is 1.57. The topological polar surface area (TPSA) is 115 Å². The lowest BCUT2D eigenvalue weighted by molar-refractivity contribution is -0.155. The van der Waals surface area contributed by atoms with Gasteiger partial charge in [0, 0.05) is 17.8 Å². The summed E-state index contributed by atoms with van der Waals surface area (Å²) in [5.74, 6) is -1.87. The van der Waals surface area contributed by atoms with Crippen molar-refractivity contribution in [3.8, 4) is 0 Å². The van der Waals surface area contributed by atoms with Gasteiger partial charge in [-0.05, 0) is 19.1 Å². The molecule has 0 spiro atoms. The zero-order valence-corrected chi connectivity index (χ0v) is 10.2. The summed E-state index contributed by atoms with van der Waals surface area (Å²) < 4.78 is 0. The summed E-state index contributed by atoms with van der Waals surface area (Å²) in [6.07, 6.45) is 3.08. The molecule has 0 radical (unpaired) electrons. The molecule has 0 aromatic carbocycles. The largest absolute Gasteiger partial charge is 0.479 e. The SMILES string of the molecule is CC(O)(CNC(=O)c1c[nH]c2ncccc12)C(=O)O. The normalized spacial score (nSPS) is 14.0. The average molecular weight is 263 g/mol. The fraction of sp³-hybridized carbons (Fsp3) is 0.250. The molecule has 1 amide bonds. The Bertz CT molecular complexity index is 633. The van der Waals surface area contributed by atoms with Crippen LogP contribution in [0.15, 0.2) is 24.5 Å². The lowest BCUT2D eigenvalue weighted by atomic mass is 10.1. The highest BCUT2D eigenvalue weighted by atomic mass is 16.4. The number of aromatic nitrogens is 2. The molecule has 2 aromatic rings. The number of aliphatic carboxylic acids is 1. The molecule has 2 rings (SSSR count). The van der Waals surface area contributed by atoms with Crippen molar-refractivity contribution in [2.24, 2.45) is 0 Å². The second kappa shape index (κ2) is 4.69. The molecule has 0 fully saturated rings. The lowest BCUT2D eigenvalue weighted by Crippen LogP contribution is -2.46. The van der Waals surface area contributed by atoms with E-state index in [2.05, 4.69) is 15.3 Å². The molecule has 0 saturated carbocycles. The van der Waals surface area contributed by atoms with Gasteiger partial charge in [-0.3, -0.25) is 4.79 Å². The van der Waals surface area contributed by atoms with Gasteiger partial charge in [-0.15, -0.1) is 0 Å². The smallest absolute Gasteiger partial charge is 0.337 e. The predicted octanol–water partition coefficient (Wildman–Crippen LogP) is 0.128. The molecule has 0 aliphatic carbocycles. The summed E-state index contributed by atoms with van der Waals surface area (Å²) >= 11 is 0. The third-order valence-electron chi connectivity index (χ3n) is 2.75. The predicted molar refractivity (Wildman–Crippen MR) is 66.7 cm³/mol. The zero-order chi connectivity index (χ0) is 14.0. The Morgan fingerprint density at radius 2 is 2.26 bits per heavy atom. The molecule has 0 aliphatic heterocycles. The molecular weight excluding hydrogens is 250 g/mol. The van der Waals surface area contributed by atoms with Crippen LogP contribution in [0.5, 0.6) is 0 Å². The Morgan fingerprint density at radius 1 is 1.53 bits per heavy atom. The first-order valence-electron chi connectivity index (χ1n) is 5.58. The minimum absolute atomic E-state index is 0.351. The van der Waals surface area contributed by atoms with Gasteiger partial charge < -0.3 is 20.5 Å². The Hall–Kier alpha value is -2.41. The monoisotopic (exact) mass is 263 g/mol. The number of pyridine rings is 1. The summed E-state index contributed by atoms with van der Waals surface area (Å²) in [6, 6.07) is 3.42. The van der Waals surface area contributed by atoms with Crippen molar-refractivity contribution < 1.29 is 19.8 Å². The lowest BCUT2D eigenvalue weighted by Gasteiger charge is -2.18. The summed E-state index contributed by atoms with van der Waals surface area (Å²) in [7, 11) is 0. The van der Waals surface area contributed by atoms with Crippen LogP contribution < -0.4 is 5.32 Å². The Kier molecular flexibility index (Phi) is 3.22. The van der Waals surface area contributed by atoms with Gasteiger partial charge in [0.1, 0.15) is 5.65 Å². The second-order valence-electron chi connectivity index (χ2n) is 4.36. The van der Waals surface area contributed by atoms with E-state index in [0.717, 1.165) is 6.92 Å². The number of amides is 1. The number of carbonyl (C=O) groups is 2. The van der Waals surface area contributed by atoms with Crippen LogP contribution in [0.2, 0.25) is 0 Å². The summed E-state index contributed by atoms with van der Waals surface area (Å²) in [4.78, 5) is 29.5. The molecule has 7 nitrogen and oxygen atoms in total. The average Bonchev–Trinajstić information content (AvgIpc) is 2.79. The van der Waals surface area contributed by atoms with Gasteiger partial charge in [-0.25, -0.2) is 9.78 Å². The van der Waals surface area contributed by atoms with Gasteiger partial charge >= 0.3 is 5.97 Å². The van der Waals surface area contributed by atoms with Gasteiger partial charge in [0.25, 0.3) is 5.91 Å². The van der Waals surface area contributed by atoms with Crippen molar-refractivity contribution >= 4 is 22.9 Å². The molecule has 2 aromatic heterocycles. The molecule has 100 valence electrons. The first kappa shape index (κ1) is 13.0. The van der Waals surface area contributed by atoms with Crippen LogP contribution in [0.25, 0.3) is 11.0 Å². The highest BCUT2D eigenvalue weighted by Gasteiger charge is 2.30. The Balaban J connectivity index is 2.15. The number of carboxylic acid groups (broad SMARTS) is 1. The van der Waals surface area contributed by atoms with E-state index in [1.54, 1.807) is 18.3 Å². The van der Waals surface area contributed by atoms with Crippen LogP contribution in [-0.4, -0.2) is 44.2 Å². The van der Waals surface area contributed by atoms with Crippen LogP contribution in [0.1, 0.15) is 17.3 Å². The maximum absolute atomic E-state index is 11.9. The number of carbonyl (C=O) groups excluding carboxylic acids is 1. The molecule has 1 unspecified atom stereocenters. The Labute approximate surface area is 108 Å². The number of rotatable bonds is 4. The third kappa shape index (κ3) is 2.55. The van der Waals surface area contributed by atoms with E-state index in [1.807, 2.05) is 0 Å². The summed E-state index contributed by atoms with van der Waals surface area (Å²) in [5, 5.41) is 21.3. The molecule has 1 atom stereocenters. The minimum atomic E-state index is -2.00. The first-order chi connectivity index (χ1) is 8.92. The highest BCUT2D eigenvalue weighted by molar-refractivity contribution is 6.06. The van der Waals surface area contributed by atoms with Crippen molar-refractivity contribution in [3.05, 3.63) is 30.1 Å². The van der Waals surface area contributed by atoms with Crippen molar-refractivity contribution in [2.75, 3.05) is 6.54 Å². The molecular formula is C12H13N3O4. The molecule has 2 heterocycles. The number of H-pyrrole nitrogens is 1. The van der Waals surface area contributed by atoms with Gasteiger partial charge in [-0.1, -0.05) is 0 Å². The minimum Gasteiger partial charge on any atom is -0.479 e. The molecule has 0 aliphatic rings. The van der Waals surface area contributed by atoms with E-state index < -0.39 is 17.5 Å². The molecule has 0 saturated heterocycles. The number of fused-ring (bicyclic) bond motifs is 1. The van der Waals surface area contributed by atoms with Gasteiger partial charge in [-0.2, -0.15) is 0 Å². The van der Waals surface area contributed by atoms with E-state index >= 15 is 0 Å². The van der Waals surface area contributed by atoms with E-state index in [1.165, 1.54) is 6.20 Å². The molecule has 7 heteroatoms. The zero-order valence-electron chi connectivity index (χ0n) is 10.2. The van der Waals surface area contributed by atoms with Gasteiger partial charge in [0.15, 0.2) is 5.60 Å². The molecule has 19 heavy (non-hydrogen) atoms. The molecule has 0 bridgehead atoms. The van der Waals surface area contributed by atoms with Crippen LogP contribution in [-0.2, 0) is 4.79 Å². The van der Waals surface area contributed by atoms with Crippen molar-refractivity contribution in [2.45, 2.75) is 12.5 Å². The van der Waals surface area contributed by atoms with Gasteiger partial charge in [0.2, 0.25) is 0 Å². The number of aliphatic hydroxyl groups is 1. The van der Waals surface area contributed by atoms with E-state index in [-0.39, 0.29) is 6.54 Å². The quantitative estimate of drug-likeness (QED) is 0.625. The van der Waals surface area contributed by atoms with Crippen LogP contribution in [0.3, 0.4) is 0 Å². The van der Waals surface area contributed by atoms with Crippen molar-refractivity contribution in [1.82, 2.24) is 15.3 Å². The third-order valence-corrected chi connectivity index (χ3v) is 2.75. The van der Waals surface area contributed by atoms with Crippen molar-refractivity contribution in [3.63, 3.8) is 0 Å². The van der Waals surface area contributed by atoms with Crippen LogP contribution in [0.4, 0.5) is 0 Å². The van der Waals surface area contributed by atoms with Crippen LogP contribution in [0, 0.1) is 0 Å². The standard InChI is InChI=1S/C12H13N3O4/c1-12(19,11(17)18)6-15-10(16)8-5-14-9-7(8)3-2-4-13-9/h2-5,19H,6H2,1H3,(H,13,14)(H,15,16)(H,17,18). The van der Waals surface area contributed by atoms with E-state index in [0.29, 0.717) is 16.6 Å². The Morgan fingerprint density at radius 3 is 2.95 bits per heavy atom. The number of carboxylic acids is 1.